The van der Waals surface area contributed by atoms with E-state index in [1.807, 2.05) is 12.1 Å². The quantitative estimate of drug-likeness (QED) is 0.819. The van der Waals surface area contributed by atoms with Crippen LogP contribution >= 0.6 is 0 Å². The van der Waals surface area contributed by atoms with E-state index in [2.05, 4.69) is 5.32 Å². The first-order valence-corrected chi connectivity index (χ1v) is 9.62. The van der Waals surface area contributed by atoms with E-state index in [0.717, 1.165) is 12.8 Å². The van der Waals surface area contributed by atoms with Crippen LogP contribution in [0.1, 0.15) is 48.9 Å². The first kappa shape index (κ1) is 18.7. The molecule has 0 bridgehead atoms. The highest BCUT2D eigenvalue weighted by Gasteiger charge is 2.22. The number of carbonyl (C=O) groups is 2. The molecule has 0 atom stereocenters. The highest BCUT2D eigenvalue weighted by Crippen LogP contribution is 2.21. The molecule has 142 valence electrons. The Morgan fingerprint density at radius 2 is 1.77 bits per heavy atom. The molecule has 2 aliphatic rings. The van der Waals surface area contributed by atoms with Crippen molar-refractivity contribution in [3.05, 3.63) is 29.8 Å². The number of morpholine rings is 1. The summed E-state index contributed by atoms with van der Waals surface area (Å²) < 4.78 is 11.0. The third-order valence-corrected chi connectivity index (χ3v) is 4.99. The largest absolute Gasteiger partial charge is 0.483 e. The number of carbonyl (C=O) groups excluding carboxylic acids is 2. The van der Waals surface area contributed by atoms with Gasteiger partial charge in [0, 0.05) is 19.1 Å². The van der Waals surface area contributed by atoms with Crippen LogP contribution in [0.15, 0.2) is 24.3 Å². The van der Waals surface area contributed by atoms with E-state index in [1.54, 1.807) is 17.0 Å². The number of ether oxygens (including phenoxy) is 2. The smallest absolute Gasteiger partial charge is 0.258 e. The Kier molecular flexibility index (Phi) is 6.89. The van der Waals surface area contributed by atoms with Crippen LogP contribution in [0.2, 0.25) is 0 Å². The number of hydrogen-bond donors (Lipinski definition) is 1. The molecule has 6 heteroatoms. The van der Waals surface area contributed by atoms with Crippen LogP contribution in [-0.2, 0) is 9.53 Å². The summed E-state index contributed by atoms with van der Waals surface area (Å²) in [5.41, 5.74) is 0.497. The summed E-state index contributed by atoms with van der Waals surface area (Å²) in [7, 11) is 0. The van der Waals surface area contributed by atoms with Crippen LogP contribution in [0, 0.1) is 0 Å². The summed E-state index contributed by atoms with van der Waals surface area (Å²) in [5, 5.41) is 3.07. The molecular weight excluding hydrogens is 332 g/mol. The molecule has 1 saturated carbocycles. The average Bonchev–Trinajstić information content (AvgIpc) is 2.95. The van der Waals surface area contributed by atoms with Gasteiger partial charge in [-0.3, -0.25) is 9.59 Å². The van der Waals surface area contributed by atoms with Crippen molar-refractivity contribution >= 4 is 11.8 Å². The highest BCUT2D eigenvalue weighted by molar-refractivity contribution is 5.97. The monoisotopic (exact) mass is 360 g/mol. The van der Waals surface area contributed by atoms with Crippen molar-refractivity contribution in [2.75, 3.05) is 32.9 Å². The first-order chi connectivity index (χ1) is 12.7. The number of benzene rings is 1. The molecule has 1 aliphatic heterocycles. The lowest BCUT2D eigenvalue weighted by molar-refractivity contribution is -0.123. The predicted octanol–water partition coefficient (Wildman–Crippen LogP) is 2.38. The van der Waals surface area contributed by atoms with Crippen LogP contribution < -0.4 is 10.1 Å². The summed E-state index contributed by atoms with van der Waals surface area (Å²) in [6.07, 6.45) is 6.92. The zero-order valence-electron chi connectivity index (χ0n) is 15.2. The number of nitrogens with one attached hydrogen (secondary N) is 1. The molecule has 1 aromatic carbocycles. The van der Waals surface area contributed by atoms with Gasteiger partial charge in [0.15, 0.2) is 6.61 Å². The number of para-hydroxylation sites is 1. The molecule has 2 amide bonds. The van der Waals surface area contributed by atoms with Crippen LogP contribution in [0.3, 0.4) is 0 Å². The zero-order chi connectivity index (χ0) is 18.2. The van der Waals surface area contributed by atoms with Crippen molar-refractivity contribution in [3.63, 3.8) is 0 Å². The summed E-state index contributed by atoms with van der Waals surface area (Å²) in [6, 6.07) is 7.36. The Bertz CT molecular complexity index is 606. The molecule has 1 heterocycles. The topological polar surface area (TPSA) is 67.9 Å². The number of rotatable bonds is 5. The van der Waals surface area contributed by atoms with Crippen molar-refractivity contribution in [2.45, 2.75) is 44.6 Å². The molecule has 0 radical (unpaired) electrons. The molecule has 26 heavy (non-hydrogen) atoms. The van der Waals surface area contributed by atoms with Crippen molar-refractivity contribution in [1.29, 1.82) is 0 Å². The van der Waals surface area contributed by atoms with Gasteiger partial charge in [-0.15, -0.1) is 0 Å². The fraction of sp³-hybridized carbons (Fsp3) is 0.600. The zero-order valence-corrected chi connectivity index (χ0v) is 15.2. The SMILES string of the molecule is O=C(COc1ccccc1C(=O)N1CCOCC1)NC1CCCCCC1. The fourth-order valence-corrected chi connectivity index (χ4v) is 3.54. The van der Waals surface area contributed by atoms with Crippen molar-refractivity contribution in [3.8, 4) is 5.75 Å². The van der Waals surface area contributed by atoms with Gasteiger partial charge in [-0.2, -0.15) is 0 Å². The van der Waals surface area contributed by atoms with E-state index in [-0.39, 0.29) is 24.5 Å². The predicted molar refractivity (Wildman–Crippen MR) is 98.3 cm³/mol. The van der Waals surface area contributed by atoms with E-state index in [0.29, 0.717) is 37.6 Å². The molecule has 1 N–H and O–H groups in total. The van der Waals surface area contributed by atoms with Gasteiger partial charge < -0.3 is 19.7 Å². The summed E-state index contributed by atoms with van der Waals surface area (Å²) >= 11 is 0. The molecule has 6 nitrogen and oxygen atoms in total. The number of amides is 2. The summed E-state index contributed by atoms with van der Waals surface area (Å²) in [4.78, 5) is 26.7. The van der Waals surface area contributed by atoms with Crippen molar-refractivity contribution in [1.82, 2.24) is 10.2 Å². The molecular formula is C20H28N2O4. The lowest BCUT2D eigenvalue weighted by atomic mass is 10.1. The van der Waals surface area contributed by atoms with Crippen LogP contribution in [0.25, 0.3) is 0 Å². The normalized spacial score (nSPS) is 18.8. The minimum atomic E-state index is -0.120. The summed E-state index contributed by atoms with van der Waals surface area (Å²) in [5.74, 6) is 0.263. The molecule has 1 aromatic rings. The van der Waals surface area contributed by atoms with Crippen molar-refractivity contribution in [2.24, 2.45) is 0 Å². The summed E-state index contributed by atoms with van der Waals surface area (Å²) in [6.45, 7) is 2.20. The Morgan fingerprint density at radius 3 is 2.50 bits per heavy atom. The van der Waals surface area contributed by atoms with Gasteiger partial charge in [0.1, 0.15) is 5.75 Å². The van der Waals surface area contributed by atoms with E-state index < -0.39 is 0 Å². The van der Waals surface area contributed by atoms with Gasteiger partial charge in [-0.25, -0.2) is 0 Å². The average molecular weight is 360 g/mol. The number of nitrogens with zero attached hydrogens (tertiary/aromatic N) is 1. The molecule has 0 unspecified atom stereocenters. The third kappa shape index (κ3) is 5.21. The van der Waals surface area contributed by atoms with Gasteiger partial charge in [0.2, 0.25) is 0 Å². The first-order valence-electron chi connectivity index (χ1n) is 9.62. The van der Waals surface area contributed by atoms with Gasteiger partial charge in [-0.05, 0) is 25.0 Å². The van der Waals surface area contributed by atoms with Gasteiger partial charge >= 0.3 is 0 Å². The second-order valence-corrected chi connectivity index (χ2v) is 6.95. The van der Waals surface area contributed by atoms with Crippen LogP contribution in [0.5, 0.6) is 5.75 Å². The second kappa shape index (κ2) is 9.57. The van der Waals surface area contributed by atoms with Crippen LogP contribution in [-0.4, -0.2) is 55.7 Å². The fourth-order valence-electron chi connectivity index (χ4n) is 3.54. The molecule has 1 saturated heterocycles. The third-order valence-electron chi connectivity index (χ3n) is 4.99. The van der Waals surface area contributed by atoms with E-state index in [9.17, 15) is 9.59 Å². The van der Waals surface area contributed by atoms with Gasteiger partial charge in [0.25, 0.3) is 11.8 Å². The Hall–Kier alpha value is -2.08. The lowest BCUT2D eigenvalue weighted by Crippen LogP contribution is -2.41. The Labute approximate surface area is 154 Å². The van der Waals surface area contributed by atoms with Crippen LogP contribution in [0.4, 0.5) is 0 Å². The Balaban J connectivity index is 1.55. The molecule has 3 rings (SSSR count). The molecule has 0 spiro atoms. The number of hydrogen-bond acceptors (Lipinski definition) is 4. The second-order valence-electron chi connectivity index (χ2n) is 6.95. The maximum atomic E-state index is 12.7. The van der Waals surface area contributed by atoms with Gasteiger partial charge in [0.05, 0.1) is 18.8 Å². The van der Waals surface area contributed by atoms with E-state index >= 15 is 0 Å². The Morgan fingerprint density at radius 1 is 1.08 bits per heavy atom. The molecule has 1 aliphatic carbocycles. The maximum absolute atomic E-state index is 12.7. The maximum Gasteiger partial charge on any atom is 0.258 e. The van der Waals surface area contributed by atoms with Gasteiger partial charge in [-0.1, -0.05) is 37.8 Å². The lowest BCUT2D eigenvalue weighted by Gasteiger charge is -2.27. The minimum absolute atomic E-state index is 0.0656. The standard InChI is InChI=1S/C20H28N2O4/c23-19(21-16-7-3-1-2-4-8-16)15-26-18-10-6-5-9-17(18)20(24)22-11-13-25-14-12-22/h5-6,9-10,16H,1-4,7-8,11-15H2,(H,21,23). The van der Waals surface area contributed by atoms with Crippen molar-refractivity contribution < 1.29 is 19.1 Å². The molecule has 0 aromatic heterocycles. The molecule has 2 fully saturated rings. The minimum Gasteiger partial charge on any atom is -0.483 e. The van der Waals surface area contributed by atoms with E-state index in [4.69, 9.17) is 9.47 Å². The highest BCUT2D eigenvalue weighted by atomic mass is 16.5. The van der Waals surface area contributed by atoms with E-state index in [1.165, 1.54) is 25.7 Å².